The second-order valence-corrected chi connectivity index (χ2v) is 18.4. The van der Waals surface area contributed by atoms with Gasteiger partial charge >= 0.3 is 17.9 Å². The van der Waals surface area contributed by atoms with Crippen LogP contribution in [0.4, 0.5) is 0 Å². The summed E-state index contributed by atoms with van der Waals surface area (Å²) >= 11 is 0. The summed E-state index contributed by atoms with van der Waals surface area (Å²) in [5.74, 6) is -1.47. The lowest BCUT2D eigenvalue weighted by atomic mass is 10.0. The van der Waals surface area contributed by atoms with E-state index in [9.17, 15) is 19.5 Å². The summed E-state index contributed by atoms with van der Waals surface area (Å²) in [5, 5.41) is 9.65. The number of allylic oxidation sites excluding steroid dienone is 8. The molecule has 0 radical (unpaired) electrons. The lowest BCUT2D eigenvalue weighted by molar-refractivity contribution is -0.887. The maximum atomic E-state index is 12.8. The number of carboxylic acid groups (broad SMARTS) is 1. The van der Waals surface area contributed by atoms with E-state index in [-0.39, 0.29) is 36.2 Å². The van der Waals surface area contributed by atoms with Gasteiger partial charge in [0.1, 0.15) is 6.61 Å². The van der Waals surface area contributed by atoms with Crippen molar-refractivity contribution in [3.05, 3.63) is 48.6 Å². The number of unbranched alkanes of at least 4 members (excludes halogenated alkanes) is 24. The van der Waals surface area contributed by atoms with Crippen LogP contribution in [0.25, 0.3) is 0 Å². The SMILES string of the molecule is CC/C=C/C/C=C/C/C=C/CCCCCCCCCCCCCC(=O)OCC(COCCC(C(=O)O)[N+](C)(C)C)OC(=O)CCCCCCCCC/C=C/CCCCCCCC. The molecule has 0 heterocycles. The summed E-state index contributed by atoms with van der Waals surface area (Å²) in [6.45, 7) is 4.64. The number of esters is 2. The number of hydrogen-bond donors (Lipinski definition) is 1. The van der Waals surface area contributed by atoms with Gasteiger partial charge in [-0.05, 0) is 70.6 Å². The van der Waals surface area contributed by atoms with Crippen molar-refractivity contribution < 1.29 is 38.2 Å². The van der Waals surface area contributed by atoms with Crippen molar-refractivity contribution in [3.8, 4) is 0 Å². The van der Waals surface area contributed by atoms with E-state index in [0.29, 0.717) is 19.3 Å². The largest absolute Gasteiger partial charge is 0.477 e. The summed E-state index contributed by atoms with van der Waals surface area (Å²) in [7, 11) is 5.54. The highest BCUT2D eigenvalue weighted by atomic mass is 16.6. The minimum absolute atomic E-state index is 0.0533. The summed E-state index contributed by atoms with van der Waals surface area (Å²) in [6.07, 6.45) is 54.4. The Hall–Kier alpha value is -2.71. The fraction of sp³-hybridized carbons (Fsp3) is 0.796. The van der Waals surface area contributed by atoms with Crippen LogP contribution in [0.1, 0.15) is 226 Å². The highest BCUT2D eigenvalue weighted by Gasteiger charge is 2.31. The van der Waals surface area contributed by atoms with Gasteiger partial charge in [-0.2, -0.15) is 0 Å². The van der Waals surface area contributed by atoms with E-state index in [1.807, 2.05) is 21.1 Å². The number of hydrogen-bond acceptors (Lipinski definition) is 6. The first-order valence-electron chi connectivity index (χ1n) is 25.7. The maximum absolute atomic E-state index is 12.8. The van der Waals surface area contributed by atoms with Crippen LogP contribution in [0.15, 0.2) is 48.6 Å². The average molecular weight is 873 g/mol. The Morgan fingerprint density at radius 3 is 1.35 bits per heavy atom. The van der Waals surface area contributed by atoms with Crippen molar-refractivity contribution in [1.29, 1.82) is 0 Å². The van der Waals surface area contributed by atoms with Crippen LogP contribution in [0.5, 0.6) is 0 Å². The van der Waals surface area contributed by atoms with Gasteiger partial charge in [0.25, 0.3) is 0 Å². The number of carbonyl (C=O) groups excluding carboxylic acids is 2. The zero-order valence-corrected chi connectivity index (χ0v) is 41.1. The predicted molar refractivity (Wildman–Crippen MR) is 261 cm³/mol. The van der Waals surface area contributed by atoms with E-state index in [0.717, 1.165) is 57.8 Å². The summed E-state index contributed by atoms with van der Waals surface area (Å²) in [4.78, 5) is 37.2. The standard InChI is InChI=1S/C54H97NO7/c1-6-8-10-12-14-16-18-20-22-24-25-26-27-29-30-32-34-36-38-40-42-44-52(56)61-49-50(48-60-47-46-51(54(58)59)55(3,4)5)62-53(57)45-43-41-39-37-35-33-31-28-23-21-19-17-15-13-11-9-7-2/h8,10,14,16,20-23,50-51H,6-7,9,11-13,15,17-19,24-49H2,1-5H3/p+1/b10-8+,16-14+,22-20+,23-21+. The molecule has 0 aromatic carbocycles. The van der Waals surface area contributed by atoms with E-state index in [4.69, 9.17) is 14.2 Å². The minimum Gasteiger partial charge on any atom is -0.477 e. The topological polar surface area (TPSA) is 99.1 Å². The summed E-state index contributed by atoms with van der Waals surface area (Å²) in [6, 6.07) is -0.616. The van der Waals surface area contributed by atoms with E-state index >= 15 is 0 Å². The smallest absolute Gasteiger partial charge is 0.362 e. The third-order valence-corrected chi connectivity index (χ3v) is 11.5. The first-order valence-corrected chi connectivity index (χ1v) is 25.7. The van der Waals surface area contributed by atoms with Crippen molar-refractivity contribution in [3.63, 3.8) is 0 Å². The average Bonchev–Trinajstić information content (AvgIpc) is 3.23. The molecule has 0 aliphatic rings. The van der Waals surface area contributed by atoms with Gasteiger partial charge in [0.05, 0.1) is 34.4 Å². The molecule has 62 heavy (non-hydrogen) atoms. The van der Waals surface area contributed by atoms with Crippen LogP contribution >= 0.6 is 0 Å². The van der Waals surface area contributed by atoms with Gasteiger partial charge in [-0.1, -0.05) is 184 Å². The Labute approximate surface area is 382 Å². The van der Waals surface area contributed by atoms with E-state index in [2.05, 4.69) is 62.5 Å². The molecule has 0 aromatic rings. The fourth-order valence-corrected chi connectivity index (χ4v) is 7.51. The zero-order chi connectivity index (χ0) is 45.6. The number of nitrogens with zero attached hydrogens (tertiary/aromatic N) is 1. The third kappa shape index (κ3) is 42.6. The predicted octanol–water partition coefficient (Wildman–Crippen LogP) is 14.8. The number of carbonyl (C=O) groups is 3. The van der Waals surface area contributed by atoms with E-state index < -0.39 is 18.1 Å². The lowest BCUT2D eigenvalue weighted by Gasteiger charge is -2.31. The first kappa shape index (κ1) is 59.3. The molecule has 0 bridgehead atoms. The molecule has 8 nitrogen and oxygen atoms in total. The zero-order valence-electron chi connectivity index (χ0n) is 41.1. The van der Waals surface area contributed by atoms with Gasteiger partial charge in [-0.25, -0.2) is 4.79 Å². The number of carboxylic acids is 1. The summed E-state index contributed by atoms with van der Waals surface area (Å²) < 4.78 is 17.4. The van der Waals surface area contributed by atoms with Gasteiger partial charge in [0.15, 0.2) is 12.1 Å². The highest BCUT2D eigenvalue weighted by molar-refractivity contribution is 5.72. The maximum Gasteiger partial charge on any atom is 0.362 e. The van der Waals surface area contributed by atoms with Crippen molar-refractivity contribution in [2.45, 2.75) is 238 Å². The van der Waals surface area contributed by atoms with Gasteiger partial charge in [0, 0.05) is 19.3 Å². The van der Waals surface area contributed by atoms with E-state index in [1.165, 1.54) is 135 Å². The monoisotopic (exact) mass is 873 g/mol. The van der Waals surface area contributed by atoms with Crippen LogP contribution in [0.2, 0.25) is 0 Å². The Morgan fingerprint density at radius 2 is 0.903 bits per heavy atom. The second-order valence-electron chi connectivity index (χ2n) is 18.4. The molecule has 0 saturated heterocycles. The molecule has 2 unspecified atom stereocenters. The number of ether oxygens (including phenoxy) is 3. The molecule has 0 aliphatic heterocycles. The van der Waals surface area contributed by atoms with Crippen molar-refractivity contribution >= 4 is 17.9 Å². The molecule has 0 aromatic heterocycles. The van der Waals surface area contributed by atoms with Crippen LogP contribution in [-0.2, 0) is 28.6 Å². The van der Waals surface area contributed by atoms with Crippen LogP contribution in [0, 0.1) is 0 Å². The van der Waals surface area contributed by atoms with Gasteiger partial charge in [-0.3, -0.25) is 9.59 Å². The van der Waals surface area contributed by atoms with Crippen LogP contribution in [-0.4, -0.2) is 80.6 Å². The second kappa shape index (κ2) is 44.9. The highest BCUT2D eigenvalue weighted by Crippen LogP contribution is 2.15. The Kier molecular flexibility index (Phi) is 42.9. The Balaban J connectivity index is 4.23. The van der Waals surface area contributed by atoms with Crippen molar-refractivity contribution in [2.24, 2.45) is 0 Å². The molecule has 0 spiro atoms. The molecule has 0 saturated carbocycles. The van der Waals surface area contributed by atoms with Crippen LogP contribution < -0.4 is 0 Å². The molecule has 1 N–H and O–H groups in total. The first-order chi connectivity index (χ1) is 30.1. The molecular weight excluding hydrogens is 775 g/mol. The number of likely N-dealkylation sites (N-methyl/N-ethyl adjacent to an activating group) is 1. The molecule has 2 atom stereocenters. The Bertz CT molecular complexity index is 1150. The van der Waals surface area contributed by atoms with Crippen molar-refractivity contribution in [1.82, 2.24) is 0 Å². The van der Waals surface area contributed by atoms with Crippen LogP contribution in [0.3, 0.4) is 0 Å². The summed E-state index contributed by atoms with van der Waals surface area (Å²) in [5.41, 5.74) is 0. The van der Waals surface area contributed by atoms with Gasteiger partial charge in [0.2, 0.25) is 0 Å². The molecule has 0 fully saturated rings. The van der Waals surface area contributed by atoms with Gasteiger partial charge < -0.3 is 23.8 Å². The molecule has 0 aliphatic carbocycles. The fourth-order valence-electron chi connectivity index (χ4n) is 7.51. The van der Waals surface area contributed by atoms with Gasteiger partial charge in [-0.15, -0.1) is 0 Å². The molecule has 8 heteroatoms. The minimum atomic E-state index is -0.875. The quantitative estimate of drug-likeness (QED) is 0.0281. The molecule has 360 valence electrons. The third-order valence-electron chi connectivity index (χ3n) is 11.5. The van der Waals surface area contributed by atoms with Crippen molar-refractivity contribution in [2.75, 3.05) is 41.0 Å². The Morgan fingerprint density at radius 1 is 0.500 bits per heavy atom. The molecule has 0 amide bonds. The molecule has 0 rings (SSSR count). The number of rotatable bonds is 46. The number of aliphatic carboxylic acids is 1. The lowest BCUT2D eigenvalue weighted by Crippen LogP contribution is -2.50. The normalized spacial score (nSPS) is 13.2. The molecular formula is C54H98NO7+. The number of quaternary nitrogens is 1. The van der Waals surface area contributed by atoms with E-state index in [1.54, 1.807) is 0 Å².